The van der Waals surface area contributed by atoms with Crippen LogP contribution in [0.5, 0.6) is 5.75 Å². The Morgan fingerprint density at radius 3 is 2.96 bits per heavy atom. The smallest absolute Gasteiger partial charge is 0.164 e. The highest BCUT2D eigenvalue weighted by molar-refractivity contribution is 5.74. The first-order valence-corrected chi connectivity index (χ1v) is 8.04. The molecule has 5 nitrogen and oxygen atoms in total. The molecule has 0 aliphatic carbocycles. The zero-order valence-electron chi connectivity index (χ0n) is 13.2. The predicted octanol–water partition coefficient (Wildman–Crippen LogP) is 2.76. The van der Waals surface area contributed by atoms with Crippen molar-refractivity contribution in [3.8, 4) is 11.4 Å². The van der Waals surface area contributed by atoms with Gasteiger partial charge in [0.1, 0.15) is 17.1 Å². The molecule has 118 valence electrons. The van der Waals surface area contributed by atoms with E-state index in [2.05, 4.69) is 21.5 Å². The van der Waals surface area contributed by atoms with E-state index in [1.54, 1.807) is 18.3 Å². The van der Waals surface area contributed by atoms with Gasteiger partial charge >= 0.3 is 0 Å². The van der Waals surface area contributed by atoms with Crippen LogP contribution in [-0.2, 0) is 6.42 Å². The molecule has 0 bridgehead atoms. The maximum atomic E-state index is 9.84. The first-order valence-electron chi connectivity index (χ1n) is 8.04. The summed E-state index contributed by atoms with van der Waals surface area (Å²) in [4.78, 5) is 11.7. The van der Waals surface area contributed by atoms with Crippen LogP contribution in [0.1, 0.15) is 18.7 Å². The lowest BCUT2D eigenvalue weighted by molar-refractivity contribution is 0.305. The molecule has 23 heavy (non-hydrogen) atoms. The van der Waals surface area contributed by atoms with Crippen molar-refractivity contribution in [3.05, 3.63) is 48.4 Å². The minimum absolute atomic E-state index is 0.254. The highest BCUT2D eigenvalue weighted by Crippen LogP contribution is 2.26. The number of phenolic OH excluding ortho intramolecular Hbond substituents is 1. The van der Waals surface area contributed by atoms with Crippen LogP contribution in [0, 0.1) is 0 Å². The molecule has 2 aromatic heterocycles. The van der Waals surface area contributed by atoms with E-state index in [0.717, 1.165) is 35.6 Å². The summed E-state index contributed by atoms with van der Waals surface area (Å²) < 4.78 is 2.07. The maximum absolute atomic E-state index is 9.84. The SMILES string of the molecule is CN1CCCC1Cc1nc2cccnc2n1-c1cccc(O)c1. The van der Waals surface area contributed by atoms with Crippen molar-refractivity contribution in [2.45, 2.75) is 25.3 Å². The molecule has 3 aromatic rings. The Morgan fingerprint density at radius 2 is 2.17 bits per heavy atom. The molecule has 0 spiro atoms. The second-order valence-corrected chi connectivity index (χ2v) is 6.21. The summed E-state index contributed by atoms with van der Waals surface area (Å²) in [6, 6.07) is 11.7. The van der Waals surface area contributed by atoms with Gasteiger partial charge in [0.15, 0.2) is 5.65 Å². The fourth-order valence-corrected chi connectivity index (χ4v) is 3.45. The van der Waals surface area contributed by atoms with Crippen molar-refractivity contribution in [1.82, 2.24) is 19.4 Å². The van der Waals surface area contributed by atoms with Gasteiger partial charge in [-0.25, -0.2) is 9.97 Å². The van der Waals surface area contributed by atoms with Gasteiger partial charge in [-0.15, -0.1) is 0 Å². The fraction of sp³-hybridized carbons (Fsp3) is 0.333. The predicted molar refractivity (Wildman–Crippen MR) is 89.9 cm³/mol. The lowest BCUT2D eigenvalue weighted by Crippen LogP contribution is -2.28. The summed E-state index contributed by atoms with van der Waals surface area (Å²) in [5, 5.41) is 9.84. The molecule has 1 fully saturated rings. The molecule has 1 unspecified atom stereocenters. The molecule has 1 atom stereocenters. The second kappa shape index (κ2) is 5.66. The number of likely N-dealkylation sites (N-methyl/N-ethyl adjacent to an activating group) is 1. The van der Waals surface area contributed by atoms with Crippen LogP contribution in [0.3, 0.4) is 0 Å². The molecule has 0 saturated carbocycles. The number of imidazole rings is 1. The molecule has 4 rings (SSSR count). The summed E-state index contributed by atoms with van der Waals surface area (Å²) in [5.41, 5.74) is 2.64. The topological polar surface area (TPSA) is 54.2 Å². The highest BCUT2D eigenvalue weighted by Gasteiger charge is 2.24. The number of hydrogen-bond acceptors (Lipinski definition) is 4. The molecule has 1 aliphatic heterocycles. The van der Waals surface area contributed by atoms with Crippen molar-refractivity contribution in [2.75, 3.05) is 13.6 Å². The van der Waals surface area contributed by atoms with Gasteiger partial charge in [-0.2, -0.15) is 0 Å². The Morgan fingerprint density at radius 1 is 1.26 bits per heavy atom. The third-order valence-corrected chi connectivity index (χ3v) is 4.66. The molecule has 0 amide bonds. The summed E-state index contributed by atoms with van der Waals surface area (Å²) in [5.74, 6) is 1.26. The van der Waals surface area contributed by atoms with E-state index in [1.807, 2.05) is 24.3 Å². The largest absolute Gasteiger partial charge is 0.508 e. The van der Waals surface area contributed by atoms with E-state index in [-0.39, 0.29) is 5.75 Å². The summed E-state index contributed by atoms with van der Waals surface area (Å²) in [6.45, 7) is 1.15. The van der Waals surface area contributed by atoms with Crippen molar-refractivity contribution in [2.24, 2.45) is 0 Å². The summed E-state index contributed by atoms with van der Waals surface area (Å²) >= 11 is 0. The van der Waals surface area contributed by atoms with Crippen molar-refractivity contribution < 1.29 is 5.11 Å². The number of benzene rings is 1. The average Bonchev–Trinajstić information content (AvgIpc) is 3.11. The molecule has 5 heteroatoms. The number of pyridine rings is 1. The number of rotatable bonds is 3. The first-order chi connectivity index (χ1) is 11.2. The monoisotopic (exact) mass is 308 g/mol. The number of fused-ring (bicyclic) bond motifs is 1. The number of aromatic nitrogens is 3. The molecule has 1 aliphatic rings. The Kier molecular flexibility index (Phi) is 3.50. The van der Waals surface area contributed by atoms with Crippen LogP contribution in [-0.4, -0.2) is 44.2 Å². The summed E-state index contributed by atoms with van der Waals surface area (Å²) in [7, 11) is 2.18. The number of hydrogen-bond donors (Lipinski definition) is 1. The molecular weight excluding hydrogens is 288 g/mol. The van der Waals surface area contributed by atoms with E-state index < -0.39 is 0 Å². The van der Waals surface area contributed by atoms with Crippen LogP contribution in [0.15, 0.2) is 42.6 Å². The van der Waals surface area contributed by atoms with Crippen molar-refractivity contribution in [3.63, 3.8) is 0 Å². The molecule has 1 saturated heterocycles. The van der Waals surface area contributed by atoms with E-state index >= 15 is 0 Å². The van der Waals surface area contributed by atoms with Crippen LogP contribution in [0.4, 0.5) is 0 Å². The molecule has 0 radical (unpaired) electrons. The first kappa shape index (κ1) is 14.2. The Balaban J connectivity index is 1.84. The van der Waals surface area contributed by atoms with Gasteiger partial charge < -0.3 is 10.0 Å². The molecule has 1 aromatic carbocycles. The third kappa shape index (κ3) is 2.57. The van der Waals surface area contributed by atoms with Crippen LogP contribution in [0.2, 0.25) is 0 Å². The fourth-order valence-electron chi connectivity index (χ4n) is 3.45. The van der Waals surface area contributed by atoms with Gasteiger partial charge in [-0.05, 0) is 50.7 Å². The standard InChI is InChI=1S/C18H20N4O/c1-21-10-4-6-13(21)12-17-20-16-8-3-9-19-18(16)22(17)14-5-2-7-15(23)11-14/h2-3,5,7-9,11,13,23H,4,6,10,12H2,1H3. The minimum Gasteiger partial charge on any atom is -0.508 e. The van der Waals surface area contributed by atoms with Gasteiger partial charge in [0, 0.05) is 24.7 Å². The molecular formula is C18H20N4O. The van der Waals surface area contributed by atoms with E-state index in [4.69, 9.17) is 4.98 Å². The molecule has 1 N–H and O–H groups in total. The lowest BCUT2D eigenvalue weighted by Gasteiger charge is -2.19. The van der Waals surface area contributed by atoms with Gasteiger partial charge in [-0.1, -0.05) is 6.07 Å². The number of phenols is 1. The number of likely N-dealkylation sites (tertiary alicyclic amines) is 1. The van der Waals surface area contributed by atoms with Crippen LogP contribution >= 0.6 is 0 Å². The van der Waals surface area contributed by atoms with Crippen molar-refractivity contribution in [1.29, 1.82) is 0 Å². The Hall–Kier alpha value is -2.40. The van der Waals surface area contributed by atoms with Gasteiger partial charge in [0.2, 0.25) is 0 Å². The maximum Gasteiger partial charge on any atom is 0.164 e. The van der Waals surface area contributed by atoms with Crippen molar-refractivity contribution >= 4 is 11.2 Å². The van der Waals surface area contributed by atoms with E-state index in [1.165, 1.54) is 12.8 Å². The molecule has 3 heterocycles. The van der Waals surface area contributed by atoms with Crippen LogP contribution < -0.4 is 0 Å². The van der Waals surface area contributed by atoms with Crippen LogP contribution in [0.25, 0.3) is 16.9 Å². The minimum atomic E-state index is 0.254. The third-order valence-electron chi connectivity index (χ3n) is 4.66. The normalized spacial score (nSPS) is 18.7. The number of nitrogens with zero attached hydrogens (tertiary/aromatic N) is 4. The zero-order chi connectivity index (χ0) is 15.8. The Bertz CT molecular complexity index is 842. The number of aromatic hydroxyl groups is 1. The Labute approximate surface area is 135 Å². The zero-order valence-corrected chi connectivity index (χ0v) is 13.2. The van der Waals surface area contributed by atoms with Gasteiger partial charge in [0.05, 0.1) is 5.69 Å². The summed E-state index contributed by atoms with van der Waals surface area (Å²) in [6.07, 6.45) is 5.12. The quantitative estimate of drug-likeness (QED) is 0.808. The van der Waals surface area contributed by atoms with Gasteiger partial charge in [-0.3, -0.25) is 4.57 Å². The van der Waals surface area contributed by atoms with E-state index in [9.17, 15) is 5.11 Å². The lowest BCUT2D eigenvalue weighted by atomic mass is 10.1. The van der Waals surface area contributed by atoms with Gasteiger partial charge in [0.25, 0.3) is 0 Å². The second-order valence-electron chi connectivity index (χ2n) is 6.21. The highest BCUT2D eigenvalue weighted by atomic mass is 16.3. The average molecular weight is 308 g/mol. The van der Waals surface area contributed by atoms with E-state index in [0.29, 0.717) is 6.04 Å².